The normalized spacial score (nSPS) is 10.4. The molecule has 0 spiro atoms. The highest BCUT2D eigenvalue weighted by Gasteiger charge is 2.04. The van der Waals surface area contributed by atoms with Crippen molar-refractivity contribution in [3.8, 4) is 0 Å². The lowest BCUT2D eigenvalue weighted by Gasteiger charge is -2.08. The zero-order valence-electron chi connectivity index (χ0n) is 9.24. The second kappa shape index (κ2) is 4.65. The Labute approximate surface area is 103 Å². The fourth-order valence-corrected chi connectivity index (χ4v) is 1.79. The molecule has 0 atom stereocenters. The molecule has 0 aromatic carbocycles. The van der Waals surface area contributed by atoms with Crippen molar-refractivity contribution in [2.24, 2.45) is 7.05 Å². The summed E-state index contributed by atoms with van der Waals surface area (Å²) in [7, 11) is 1.93. The average Bonchev–Trinajstić information content (AvgIpc) is 2.67. The van der Waals surface area contributed by atoms with Crippen molar-refractivity contribution < 1.29 is 0 Å². The van der Waals surface area contributed by atoms with Crippen LogP contribution in [0.15, 0.2) is 29.0 Å². The predicted molar refractivity (Wildman–Crippen MR) is 67.2 cm³/mol. The van der Waals surface area contributed by atoms with Gasteiger partial charge in [-0.1, -0.05) is 0 Å². The number of rotatable bonds is 3. The van der Waals surface area contributed by atoms with Gasteiger partial charge in [0.2, 0.25) is 0 Å². The Hall–Kier alpha value is -1.36. The summed E-state index contributed by atoms with van der Waals surface area (Å²) in [5.74, 6) is 0.862. The fraction of sp³-hybridized carbons (Fsp3) is 0.273. The van der Waals surface area contributed by atoms with Gasteiger partial charge in [0.15, 0.2) is 0 Å². The largest absolute Gasteiger partial charge is 0.363 e. The summed E-state index contributed by atoms with van der Waals surface area (Å²) in [6, 6.07) is 3.95. The molecule has 2 heterocycles. The zero-order valence-corrected chi connectivity index (χ0v) is 10.8. The number of nitrogens with one attached hydrogen (secondary N) is 1. The first kappa shape index (κ1) is 11.1. The van der Waals surface area contributed by atoms with Crippen molar-refractivity contribution in [1.82, 2.24) is 14.8 Å². The fourth-order valence-electron chi connectivity index (χ4n) is 1.41. The van der Waals surface area contributed by atoms with Gasteiger partial charge in [-0.15, -0.1) is 0 Å². The quantitative estimate of drug-likeness (QED) is 0.940. The molecule has 84 valence electrons. The van der Waals surface area contributed by atoms with E-state index in [-0.39, 0.29) is 0 Å². The highest BCUT2D eigenvalue weighted by molar-refractivity contribution is 9.10. The third-order valence-corrected chi connectivity index (χ3v) is 3.44. The Morgan fingerprint density at radius 1 is 1.38 bits per heavy atom. The lowest BCUT2D eigenvalue weighted by molar-refractivity contribution is 0.720. The van der Waals surface area contributed by atoms with Gasteiger partial charge in [-0.25, -0.2) is 4.98 Å². The molecule has 1 N–H and O–H groups in total. The van der Waals surface area contributed by atoms with Crippen molar-refractivity contribution in [3.05, 3.63) is 40.3 Å². The van der Waals surface area contributed by atoms with Crippen LogP contribution < -0.4 is 5.32 Å². The summed E-state index contributed by atoms with van der Waals surface area (Å²) in [4.78, 5) is 4.28. The Kier molecular flexibility index (Phi) is 3.24. The van der Waals surface area contributed by atoms with E-state index in [0.29, 0.717) is 6.54 Å². The molecule has 0 aliphatic heterocycles. The van der Waals surface area contributed by atoms with Crippen molar-refractivity contribution in [1.29, 1.82) is 0 Å². The minimum atomic E-state index is 0.714. The van der Waals surface area contributed by atoms with Crippen LogP contribution in [0, 0.1) is 6.92 Å². The van der Waals surface area contributed by atoms with Crippen LogP contribution in [0.2, 0.25) is 0 Å². The van der Waals surface area contributed by atoms with E-state index in [0.717, 1.165) is 16.0 Å². The standard InChI is InChI=1S/C11H13BrN4/c1-8-3-5-13-11(10(8)12)14-7-9-4-6-15-16(9)2/h3-6H,7H2,1-2H3,(H,13,14). The van der Waals surface area contributed by atoms with Crippen molar-refractivity contribution in [2.75, 3.05) is 5.32 Å². The van der Waals surface area contributed by atoms with Crippen LogP contribution in [0.25, 0.3) is 0 Å². The van der Waals surface area contributed by atoms with Crippen molar-refractivity contribution in [3.63, 3.8) is 0 Å². The van der Waals surface area contributed by atoms with E-state index in [1.807, 2.05) is 30.8 Å². The highest BCUT2D eigenvalue weighted by Crippen LogP contribution is 2.23. The van der Waals surface area contributed by atoms with E-state index in [4.69, 9.17) is 0 Å². The van der Waals surface area contributed by atoms with Gasteiger partial charge in [-0.2, -0.15) is 5.10 Å². The molecule has 5 heteroatoms. The second-order valence-electron chi connectivity index (χ2n) is 3.59. The Morgan fingerprint density at radius 3 is 2.88 bits per heavy atom. The van der Waals surface area contributed by atoms with E-state index in [1.54, 1.807) is 12.4 Å². The molecule has 0 amide bonds. The van der Waals surface area contributed by atoms with Crippen LogP contribution in [0.5, 0.6) is 0 Å². The number of aryl methyl sites for hydroxylation is 2. The molecule has 0 fully saturated rings. The number of hydrogen-bond acceptors (Lipinski definition) is 3. The molecular formula is C11H13BrN4. The molecule has 0 bridgehead atoms. The minimum Gasteiger partial charge on any atom is -0.363 e. The van der Waals surface area contributed by atoms with Crippen LogP contribution >= 0.6 is 15.9 Å². The van der Waals surface area contributed by atoms with Gasteiger partial charge >= 0.3 is 0 Å². The SMILES string of the molecule is Cc1ccnc(NCc2ccnn2C)c1Br. The highest BCUT2D eigenvalue weighted by atomic mass is 79.9. The third-order valence-electron chi connectivity index (χ3n) is 2.44. The van der Waals surface area contributed by atoms with Crippen molar-refractivity contribution >= 4 is 21.7 Å². The maximum Gasteiger partial charge on any atom is 0.140 e. The van der Waals surface area contributed by atoms with Gasteiger partial charge < -0.3 is 5.32 Å². The average molecular weight is 281 g/mol. The first-order valence-electron chi connectivity index (χ1n) is 5.00. The molecule has 0 aliphatic rings. The van der Waals surface area contributed by atoms with Crippen LogP contribution in [-0.2, 0) is 13.6 Å². The van der Waals surface area contributed by atoms with E-state index < -0.39 is 0 Å². The minimum absolute atomic E-state index is 0.714. The molecule has 0 unspecified atom stereocenters. The number of anilines is 1. The maximum atomic E-state index is 4.28. The number of nitrogens with zero attached hydrogens (tertiary/aromatic N) is 3. The maximum absolute atomic E-state index is 4.28. The number of halogens is 1. The van der Waals surface area contributed by atoms with Crippen LogP contribution in [-0.4, -0.2) is 14.8 Å². The smallest absolute Gasteiger partial charge is 0.140 e. The van der Waals surface area contributed by atoms with Crippen LogP contribution in [0.4, 0.5) is 5.82 Å². The zero-order chi connectivity index (χ0) is 11.5. The van der Waals surface area contributed by atoms with E-state index in [1.165, 1.54) is 5.56 Å². The molecule has 0 aliphatic carbocycles. The van der Waals surface area contributed by atoms with E-state index >= 15 is 0 Å². The number of pyridine rings is 1. The lowest BCUT2D eigenvalue weighted by Crippen LogP contribution is -2.07. The number of hydrogen-bond donors (Lipinski definition) is 1. The third kappa shape index (κ3) is 2.24. The number of aromatic nitrogens is 3. The van der Waals surface area contributed by atoms with Crippen molar-refractivity contribution in [2.45, 2.75) is 13.5 Å². The summed E-state index contributed by atoms with van der Waals surface area (Å²) >= 11 is 3.52. The van der Waals surface area contributed by atoms with Gasteiger partial charge in [-0.3, -0.25) is 4.68 Å². The van der Waals surface area contributed by atoms with Gasteiger partial charge in [0.1, 0.15) is 5.82 Å². The molecule has 2 aromatic rings. The summed E-state index contributed by atoms with van der Waals surface area (Å²) in [6.07, 6.45) is 3.58. The first-order chi connectivity index (χ1) is 7.68. The molecule has 2 aromatic heterocycles. The van der Waals surface area contributed by atoms with Crippen LogP contribution in [0.1, 0.15) is 11.3 Å². The molecular weight excluding hydrogens is 268 g/mol. The van der Waals surface area contributed by atoms with E-state index in [2.05, 4.69) is 31.3 Å². The van der Waals surface area contributed by atoms with E-state index in [9.17, 15) is 0 Å². The molecule has 2 rings (SSSR count). The summed E-state index contributed by atoms with van der Waals surface area (Å²) in [5.41, 5.74) is 2.29. The van der Waals surface area contributed by atoms with Gasteiger partial charge in [0.05, 0.1) is 16.7 Å². The second-order valence-corrected chi connectivity index (χ2v) is 4.38. The van der Waals surface area contributed by atoms with Gasteiger partial charge in [0, 0.05) is 19.4 Å². The molecule has 0 radical (unpaired) electrons. The summed E-state index contributed by atoms with van der Waals surface area (Å²) < 4.78 is 2.86. The first-order valence-corrected chi connectivity index (χ1v) is 5.79. The molecule has 16 heavy (non-hydrogen) atoms. The topological polar surface area (TPSA) is 42.7 Å². The van der Waals surface area contributed by atoms with Gasteiger partial charge in [0.25, 0.3) is 0 Å². The molecule has 0 saturated carbocycles. The summed E-state index contributed by atoms with van der Waals surface area (Å²) in [6.45, 7) is 2.76. The van der Waals surface area contributed by atoms with Crippen LogP contribution in [0.3, 0.4) is 0 Å². The monoisotopic (exact) mass is 280 g/mol. The Bertz CT molecular complexity index is 492. The Balaban J connectivity index is 2.11. The Morgan fingerprint density at radius 2 is 2.19 bits per heavy atom. The predicted octanol–water partition coefficient (Wildman–Crippen LogP) is 2.50. The summed E-state index contributed by atoms with van der Waals surface area (Å²) in [5, 5.41) is 7.39. The lowest BCUT2D eigenvalue weighted by atomic mass is 10.3. The van der Waals surface area contributed by atoms with Gasteiger partial charge in [-0.05, 0) is 40.5 Å². The molecule has 4 nitrogen and oxygen atoms in total. The molecule has 0 saturated heterocycles.